The fraction of sp³-hybridized carbons (Fsp3) is 0.231. The highest BCUT2D eigenvalue weighted by atomic mass is 35.5. The van der Waals surface area contributed by atoms with Crippen molar-refractivity contribution in [3.63, 3.8) is 0 Å². The number of benzene rings is 3. The van der Waals surface area contributed by atoms with E-state index in [-0.39, 0.29) is 18.2 Å². The van der Waals surface area contributed by atoms with Gasteiger partial charge in [0.2, 0.25) is 11.8 Å². The number of nitrogens with one attached hydrogen (secondary N) is 1. The first-order chi connectivity index (χ1) is 15.0. The van der Waals surface area contributed by atoms with Crippen molar-refractivity contribution in [1.29, 1.82) is 0 Å². The molecule has 3 rings (SSSR count). The van der Waals surface area contributed by atoms with E-state index in [1.807, 2.05) is 79.7 Å². The third-order valence-electron chi connectivity index (χ3n) is 5.20. The minimum absolute atomic E-state index is 0.102. The van der Waals surface area contributed by atoms with E-state index in [0.29, 0.717) is 18.0 Å². The summed E-state index contributed by atoms with van der Waals surface area (Å²) in [5.74, 6) is -0.293. The Balaban J connectivity index is 1.94. The summed E-state index contributed by atoms with van der Waals surface area (Å²) in [5.41, 5.74) is 3.90. The van der Waals surface area contributed by atoms with E-state index in [4.69, 9.17) is 11.6 Å². The Bertz CT molecular complexity index is 1040. The van der Waals surface area contributed by atoms with E-state index in [0.717, 1.165) is 22.3 Å². The molecule has 0 unspecified atom stereocenters. The second kappa shape index (κ2) is 10.8. The van der Waals surface area contributed by atoms with Crippen molar-refractivity contribution in [1.82, 2.24) is 10.2 Å². The lowest BCUT2D eigenvalue weighted by molar-refractivity contribution is -0.140. The Morgan fingerprint density at radius 3 is 2.26 bits per heavy atom. The van der Waals surface area contributed by atoms with E-state index in [2.05, 4.69) is 5.32 Å². The summed E-state index contributed by atoms with van der Waals surface area (Å²) in [6.07, 6.45) is 0.658. The molecule has 0 saturated carbocycles. The molecule has 0 radical (unpaired) electrons. The topological polar surface area (TPSA) is 49.4 Å². The fourth-order valence-electron chi connectivity index (χ4n) is 3.65. The Morgan fingerprint density at radius 2 is 1.58 bits per heavy atom. The molecule has 31 heavy (non-hydrogen) atoms. The molecule has 0 spiro atoms. The van der Waals surface area contributed by atoms with Gasteiger partial charge in [0.25, 0.3) is 0 Å². The van der Waals surface area contributed by atoms with Gasteiger partial charge in [-0.3, -0.25) is 9.59 Å². The molecule has 0 aromatic heterocycles. The quantitative estimate of drug-likeness (QED) is 0.564. The number of hydrogen-bond donors (Lipinski definition) is 1. The highest BCUT2D eigenvalue weighted by Crippen LogP contribution is 2.19. The molecular formula is C26H27ClN2O2. The van der Waals surface area contributed by atoms with Crippen molar-refractivity contribution in [2.75, 3.05) is 7.05 Å². The molecule has 0 fully saturated rings. The van der Waals surface area contributed by atoms with Gasteiger partial charge in [-0.25, -0.2) is 0 Å². The molecule has 4 nitrogen and oxygen atoms in total. The first-order valence-electron chi connectivity index (χ1n) is 10.3. The second-order valence-corrected chi connectivity index (χ2v) is 8.07. The number of likely N-dealkylation sites (N-methyl/N-ethyl adjacent to an activating group) is 1. The van der Waals surface area contributed by atoms with Gasteiger partial charge in [-0.15, -0.1) is 0 Å². The highest BCUT2D eigenvalue weighted by molar-refractivity contribution is 6.30. The van der Waals surface area contributed by atoms with Crippen LogP contribution >= 0.6 is 11.6 Å². The summed E-state index contributed by atoms with van der Waals surface area (Å²) in [5, 5.41) is 3.33. The van der Waals surface area contributed by atoms with Crippen molar-refractivity contribution in [2.45, 2.75) is 32.4 Å². The van der Waals surface area contributed by atoms with Crippen LogP contribution in [-0.4, -0.2) is 29.8 Å². The Hall–Kier alpha value is -3.11. The number of halogens is 1. The molecule has 2 amide bonds. The molecule has 3 aromatic rings. The molecular weight excluding hydrogens is 408 g/mol. The predicted molar refractivity (Wildman–Crippen MR) is 125 cm³/mol. The van der Waals surface area contributed by atoms with E-state index >= 15 is 0 Å². The normalized spacial score (nSPS) is 11.6. The molecule has 5 heteroatoms. The lowest BCUT2D eigenvalue weighted by atomic mass is 10.0. The van der Waals surface area contributed by atoms with Crippen LogP contribution in [0.25, 0.3) is 0 Å². The van der Waals surface area contributed by atoms with Gasteiger partial charge in [-0.2, -0.15) is 0 Å². The molecule has 0 saturated heterocycles. The summed E-state index contributed by atoms with van der Waals surface area (Å²) in [7, 11) is 1.60. The molecule has 1 atom stereocenters. The Morgan fingerprint density at radius 1 is 0.903 bits per heavy atom. The minimum Gasteiger partial charge on any atom is -0.357 e. The van der Waals surface area contributed by atoms with Crippen molar-refractivity contribution >= 4 is 23.4 Å². The number of hydrogen-bond acceptors (Lipinski definition) is 2. The number of rotatable bonds is 8. The lowest BCUT2D eigenvalue weighted by Crippen LogP contribution is -2.50. The van der Waals surface area contributed by atoms with E-state index in [9.17, 15) is 9.59 Å². The smallest absolute Gasteiger partial charge is 0.242 e. The van der Waals surface area contributed by atoms with Crippen molar-refractivity contribution in [3.8, 4) is 0 Å². The van der Waals surface area contributed by atoms with Crippen LogP contribution in [-0.2, 0) is 29.0 Å². The monoisotopic (exact) mass is 434 g/mol. The van der Waals surface area contributed by atoms with Crippen LogP contribution in [0.2, 0.25) is 5.02 Å². The van der Waals surface area contributed by atoms with Crippen LogP contribution < -0.4 is 5.32 Å². The SMILES string of the molecule is CNC(=O)[C@H](Cc1ccccc1)N(Cc1cccc(Cl)c1)C(=O)Cc1cccc(C)c1. The van der Waals surface area contributed by atoms with Gasteiger partial charge in [0.1, 0.15) is 6.04 Å². The summed E-state index contributed by atoms with van der Waals surface area (Å²) in [4.78, 5) is 28.0. The van der Waals surface area contributed by atoms with Crippen LogP contribution in [0.1, 0.15) is 22.3 Å². The summed E-state index contributed by atoms with van der Waals surface area (Å²) in [6, 6.07) is 24.4. The van der Waals surface area contributed by atoms with Crippen LogP contribution in [0.15, 0.2) is 78.9 Å². The summed E-state index contributed by atoms with van der Waals surface area (Å²) < 4.78 is 0. The van der Waals surface area contributed by atoms with Crippen molar-refractivity contribution in [2.24, 2.45) is 0 Å². The summed E-state index contributed by atoms with van der Waals surface area (Å²) in [6.45, 7) is 2.30. The molecule has 0 aliphatic carbocycles. The average Bonchev–Trinajstić information content (AvgIpc) is 2.76. The van der Waals surface area contributed by atoms with Gasteiger partial charge < -0.3 is 10.2 Å². The van der Waals surface area contributed by atoms with Gasteiger partial charge in [0.15, 0.2) is 0 Å². The number of aryl methyl sites for hydroxylation is 1. The fourth-order valence-corrected chi connectivity index (χ4v) is 3.86. The Labute approximate surface area is 188 Å². The third-order valence-corrected chi connectivity index (χ3v) is 5.43. The van der Waals surface area contributed by atoms with Gasteiger partial charge in [0.05, 0.1) is 6.42 Å². The van der Waals surface area contributed by atoms with Gasteiger partial charge >= 0.3 is 0 Å². The molecule has 3 aromatic carbocycles. The van der Waals surface area contributed by atoms with E-state index in [1.54, 1.807) is 18.0 Å². The average molecular weight is 435 g/mol. The van der Waals surface area contributed by atoms with Crippen LogP contribution in [0.4, 0.5) is 0 Å². The molecule has 0 heterocycles. The number of amides is 2. The first kappa shape index (κ1) is 22.6. The van der Waals surface area contributed by atoms with Crippen LogP contribution in [0.5, 0.6) is 0 Å². The number of carbonyl (C=O) groups excluding carboxylic acids is 2. The minimum atomic E-state index is -0.635. The Kier molecular flexibility index (Phi) is 7.85. The zero-order chi connectivity index (χ0) is 22.2. The maximum Gasteiger partial charge on any atom is 0.242 e. The standard InChI is InChI=1S/C26H27ClN2O2/c1-19-8-6-11-21(14-19)17-25(30)29(18-22-12-7-13-23(27)15-22)24(26(31)28-2)16-20-9-4-3-5-10-20/h3-15,24H,16-18H2,1-2H3,(H,28,31)/t24-/m0/s1. The number of carbonyl (C=O) groups is 2. The maximum absolute atomic E-state index is 13.5. The second-order valence-electron chi connectivity index (χ2n) is 7.64. The maximum atomic E-state index is 13.5. The van der Waals surface area contributed by atoms with Crippen LogP contribution in [0, 0.1) is 6.92 Å². The largest absolute Gasteiger partial charge is 0.357 e. The van der Waals surface area contributed by atoms with Crippen molar-refractivity contribution in [3.05, 3.63) is 106 Å². The summed E-state index contributed by atoms with van der Waals surface area (Å²) >= 11 is 6.17. The molecule has 160 valence electrons. The van der Waals surface area contributed by atoms with Crippen LogP contribution in [0.3, 0.4) is 0 Å². The van der Waals surface area contributed by atoms with Gasteiger partial charge in [-0.05, 0) is 35.7 Å². The van der Waals surface area contributed by atoms with E-state index < -0.39 is 6.04 Å². The molecule has 0 bridgehead atoms. The molecule has 0 aliphatic heterocycles. The predicted octanol–water partition coefficient (Wildman–Crippen LogP) is 4.58. The van der Waals surface area contributed by atoms with Crippen molar-refractivity contribution < 1.29 is 9.59 Å². The van der Waals surface area contributed by atoms with Gasteiger partial charge in [0, 0.05) is 25.0 Å². The van der Waals surface area contributed by atoms with Gasteiger partial charge in [-0.1, -0.05) is 83.9 Å². The third kappa shape index (κ3) is 6.43. The highest BCUT2D eigenvalue weighted by Gasteiger charge is 2.29. The van der Waals surface area contributed by atoms with E-state index in [1.165, 1.54) is 0 Å². The zero-order valence-electron chi connectivity index (χ0n) is 17.8. The molecule has 1 N–H and O–H groups in total. The molecule has 0 aliphatic rings. The lowest BCUT2D eigenvalue weighted by Gasteiger charge is -2.31. The zero-order valence-corrected chi connectivity index (χ0v) is 18.6. The number of nitrogens with zero attached hydrogens (tertiary/aromatic N) is 1. The first-order valence-corrected chi connectivity index (χ1v) is 10.7.